The van der Waals surface area contributed by atoms with Crippen LogP contribution >= 0.6 is 8.19 Å². The minimum atomic E-state index is -0.0887. The topological polar surface area (TPSA) is 0 Å². The van der Waals surface area contributed by atoms with Gasteiger partial charge in [0.2, 0.25) is 0 Å². The first kappa shape index (κ1) is 9.73. The summed E-state index contributed by atoms with van der Waals surface area (Å²) >= 11 is 0. The van der Waals surface area contributed by atoms with E-state index >= 15 is 0 Å². The molecule has 1 atom stereocenters. The SMILES string of the molecule is CC(C)(C)c1ccc(F)c2cc[pH]c12. The van der Waals surface area contributed by atoms with Gasteiger partial charge in [-0.1, -0.05) is 26.8 Å². The lowest BCUT2D eigenvalue weighted by Crippen LogP contribution is -2.11. The molecule has 0 saturated carbocycles. The second-order valence-electron chi connectivity index (χ2n) is 4.61. The second-order valence-corrected chi connectivity index (χ2v) is 5.73. The van der Waals surface area contributed by atoms with Crippen LogP contribution in [-0.2, 0) is 5.41 Å². The van der Waals surface area contributed by atoms with Gasteiger partial charge in [0.05, 0.1) is 0 Å². The van der Waals surface area contributed by atoms with Gasteiger partial charge in [-0.25, -0.2) is 4.39 Å². The van der Waals surface area contributed by atoms with E-state index in [4.69, 9.17) is 0 Å². The third-order valence-corrected chi connectivity index (χ3v) is 3.64. The van der Waals surface area contributed by atoms with E-state index in [0.29, 0.717) is 8.19 Å². The van der Waals surface area contributed by atoms with E-state index in [1.54, 1.807) is 6.07 Å². The van der Waals surface area contributed by atoms with Crippen LogP contribution in [0.4, 0.5) is 4.39 Å². The van der Waals surface area contributed by atoms with Gasteiger partial charge in [0.15, 0.2) is 0 Å². The number of hydrogen-bond acceptors (Lipinski definition) is 0. The number of fused-ring (bicyclic) bond motifs is 1. The Hall–Kier alpha value is -0.810. The van der Waals surface area contributed by atoms with Crippen molar-refractivity contribution in [3.05, 3.63) is 35.4 Å². The molecule has 0 N–H and O–H groups in total. The molecule has 0 aliphatic carbocycles. The molecule has 0 aliphatic heterocycles. The smallest absolute Gasteiger partial charge is 0.131 e. The zero-order valence-corrected chi connectivity index (χ0v) is 9.69. The fraction of sp³-hybridized carbons (Fsp3) is 0.333. The van der Waals surface area contributed by atoms with Crippen LogP contribution in [0.3, 0.4) is 0 Å². The van der Waals surface area contributed by atoms with Gasteiger partial charge in [0.1, 0.15) is 5.82 Å². The summed E-state index contributed by atoms with van der Waals surface area (Å²) in [5.41, 5.74) is 1.38. The summed E-state index contributed by atoms with van der Waals surface area (Å²) in [5.74, 6) is 1.97. The zero-order valence-electron chi connectivity index (χ0n) is 8.69. The maximum atomic E-state index is 13.4. The minimum absolute atomic E-state index is 0.0887. The van der Waals surface area contributed by atoms with Crippen LogP contribution in [0, 0.1) is 5.82 Å². The average Bonchev–Trinajstić information content (AvgIpc) is 2.50. The molecule has 2 aromatic rings. The van der Waals surface area contributed by atoms with Crippen LogP contribution in [0.1, 0.15) is 26.3 Å². The van der Waals surface area contributed by atoms with Gasteiger partial charge >= 0.3 is 0 Å². The Balaban J connectivity index is 2.80. The molecule has 74 valence electrons. The van der Waals surface area contributed by atoms with Crippen molar-refractivity contribution in [3.63, 3.8) is 0 Å². The molecule has 0 spiro atoms. The van der Waals surface area contributed by atoms with Crippen LogP contribution in [0.25, 0.3) is 10.5 Å². The molecule has 0 fully saturated rings. The first-order chi connectivity index (χ1) is 6.50. The molecule has 0 amide bonds. The Morgan fingerprint density at radius 2 is 1.86 bits per heavy atom. The molecule has 0 saturated heterocycles. The lowest BCUT2D eigenvalue weighted by atomic mass is 9.86. The quantitative estimate of drug-likeness (QED) is 0.605. The summed E-state index contributed by atoms with van der Waals surface area (Å²) in [7, 11) is 0.628. The first-order valence-electron chi connectivity index (χ1n) is 4.76. The average molecular weight is 208 g/mol. The lowest BCUT2D eigenvalue weighted by Gasteiger charge is -2.20. The van der Waals surface area contributed by atoms with Gasteiger partial charge in [-0.2, -0.15) is 0 Å². The Labute approximate surface area is 85.2 Å². The van der Waals surface area contributed by atoms with Crippen LogP contribution in [0.15, 0.2) is 24.0 Å². The van der Waals surface area contributed by atoms with Gasteiger partial charge in [-0.3, -0.25) is 0 Å². The Bertz CT molecular complexity index is 463. The Morgan fingerprint density at radius 3 is 2.50 bits per heavy atom. The maximum absolute atomic E-state index is 13.4. The number of rotatable bonds is 0. The van der Waals surface area contributed by atoms with Crippen LogP contribution in [0.2, 0.25) is 0 Å². The fourth-order valence-corrected chi connectivity index (χ4v) is 3.13. The van der Waals surface area contributed by atoms with Crippen molar-refractivity contribution in [2.24, 2.45) is 0 Å². The Morgan fingerprint density at radius 1 is 1.14 bits per heavy atom. The monoisotopic (exact) mass is 208 g/mol. The summed E-state index contributed by atoms with van der Waals surface area (Å²) in [5, 5.41) is 1.99. The van der Waals surface area contributed by atoms with Crippen LogP contribution in [0.5, 0.6) is 0 Å². The zero-order chi connectivity index (χ0) is 10.3. The van der Waals surface area contributed by atoms with Crippen molar-refractivity contribution in [3.8, 4) is 0 Å². The molecule has 0 radical (unpaired) electrons. The standard InChI is InChI=1S/C12H14FP/c1-12(2,3)9-4-5-10(13)8-6-7-14-11(8)9/h4-7,14H,1-3H3. The van der Waals surface area contributed by atoms with Crippen LogP contribution in [-0.4, -0.2) is 0 Å². The molecular formula is C12H14FP. The highest BCUT2D eigenvalue weighted by Crippen LogP contribution is 2.36. The maximum Gasteiger partial charge on any atom is 0.131 e. The molecule has 2 rings (SSSR count). The van der Waals surface area contributed by atoms with Gasteiger partial charge in [-0.15, -0.1) is 8.19 Å². The molecule has 0 bridgehead atoms. The molecule has 1 aromatic carbocycles. The summed E-state index contributed by atoms with van der Waals surface area (Å²) in [6, 6.07) is 5.41. The second kappa shape index (κ2) is 3.10. The minimum Gasteiger partial charge on any atom is -0.206 e. The predicted octanol–water partition coefficient (Wildman–Crippen LogP) is 4.31. The summed E-state index contributed by atoms with van der Waals surface area (Å²) in [6.45, 7) is 6.51. The molecule has 1 unspecified atom stereocenters. The molecule has 0 nitrogen and oxygen atoms in total. The molecule has 2 heteroatoms. The summed E-state index contributed by atoms with van der Waals surface area (Å²) < 4.78 is 13.4. The van der Waals surface area contributed by atoms with Crippen LogP contribution < -0.4 is 0 Å². The molecule has 0 aliphatic rings. The van der Waals surface area contributed by atoms with E-state index in [-0.39, 0.29) is 11.2 Å². The lowest BCUT2D eigenvalue weighted by molar-refractivity contribution is 0.592. The fourth-order valence-electron chi connectivity index (χ4n) is 1.75. The molecule has 1 heterocycles. The highest BCUT2D eigenvalue weighted by Gasteiger charge is 2.17. The van der Waals surface area contributed by atoms with Crippen molar-refractivity contribution in [1.82, 2.24) is 0 Å². The molecule has 1 aromatic heterocycles. The van der Waals surface area contributed by atoms with Crippen molar-refractivity contribution in [1.29, 1.82) is 0 Å². The third-order valence-electron chi connectivity index (χ3n) is 2.48. The van der Waals surface area contributed by atoms with Crippen molar-refractivity contribution >= 4 is 18.7 Å². The van der Waals surface area contributed by atoms with Crippen molar-refractivity contribution < 1.29 is 4.39 Å². The highest BCUT2D eigenvalue weighted by molar-refractivity contribution is 7.36. The van der Waals surface area contributed by atoms with E-state index in [1.165, 1.54) is 10.7 Å². The summed E-state index contributed by atoms with van der Waals surface area (Å²) in [6.07, 6.45) is 0. The van der Waals surface area contributed by atoms with Gasteiger partial charge in [0, 0.05) is 10.5 Å². The number of benzene rings is 1. The Kier molecular flexibility index (Phi) is 2.16. The normalized spacial score (nSPS) is 12.9. The van der Waals surface area contributed by atoms with Gasteiger partial charge in [-0.05, 0) is 28.9 Å². The van der Waals surface area contributed by atoms with E-state index in [1.807, 2.05) is 12.1 Å². The van der Waals surface area contributed by atoms with Gasteiger partial charge in [0.25, 0.3) is 0 Å². The van der Waals surface area contributed by atoms with E-state index in [2.05, 4.69) is 26.6 Å². The van der Waals surface area contributed by atoms with E-state index < -0.39 is 0 Å². The molecular weight excluding hydrogens is 194 g/mol. The van der Waals surface area contributed by atoms with E-state index in [0.717, 1.165) is 5.39 Å². The van der Waals surface area contributed by atoms with Gasteiger partial charge < -0.3 is 0 Å². The predicted molar refractivity (Wildman–Crippen MR) is 62.1 cm³/mol. The highest BCUT2D eigenvalue weighted by atomic mass is 31.0. The summed E-state index contributed by atoms with van der Waals surface area (Å²) in [4.78, 5) is 0. The van der Waals surface area contributed by atoms with E-state index in [9.17, 15) is 4.39 Å². The third kappa shape index (κ3) is 1.46. The molecule has 14 heavy (non-hydrogen) atoms. The number of hydrogen-bond donors (Lipinski definition) is 0. The first-order valence-corrected chi connectivity index (χ1v) is 5.84. The number of halogens is 1. The largest absolute Gasteiger partial charge is 0.206 e. The van der Waals surface area contributed by atoms with Crippen molar-refractivity contribution in [2.75, 3.05) is 0 Å². The van der Waals surface area contributed by atoms with Crippen molar-refractivity contribution in [2.45, 2.75) is 26.2 Å².